The highest BCUT2D eigenvalue weighted by Crippen LogP contribution is 2.34. The Morgan fingerprint density at radius 3 is 2.56 bits per heavy atom. The lowest BCUT2D eigenvalue weighted by Crippen LogP contribution is -2.48. The van der Waals surface area contributed by atoms with Crippen LogP contribution in [0.5, 0.6) is 0 Å². The van der Waals surface area contributed by atoms with Crippen LogP contribution in [0, 0.1) is 0 Å². The van der Waals surface area contributed by atoms with Crippen molar-refractivity contribution < 1.29 is 5.11 Å². The van der Waals surface area contributed by atoms with E-state index in [9.17, 15) is 5.11 Å². The Morgan fingerprint density at radius 2 is 2.06 bits per heavy atom. The predicted octanol–water partition coefficient (Wildman–Crippen LogP) is 1.80. The summed E-state index contributed by atoms with van der Waals surface area (Å²) in [4.78, 5) is 8.93. The molecule has 100 valence electrons. The van der Waals surface area contributed by atoms with Gasteiger partial charge in [0.1, 0.15) is 17.5 Å². The van der Waals surface area contributed by atoms with E-state index in [1.54, 1.807) is 0 Å². The van der Waals surface area contributed by atoms with E-state index in [-0.39, 0.29) is 12.1 Å². The molecule has 5 heteroatoms. The molecular formula is C13H22N4O. The molecule has 1 aromatic rings. The van der Waals surface area contributed by atoms with Gasteiger partial charge < -0.3 is 15.7 Å². The Morgan fingerprint density at radius 1 is 1.33 bits per heavy atom. The number of hydrogen-bond acceptors (Lipinski definition) is 5. The zero-order valence-electron chi connectivity index (χ0n) is 11.2. The molecule has 0 aliphatic heterocycles. The van der Waals surface area contributed by atoms with E-state index < -0.39 is 0 Å². The molecule has 1 heterocycles. The van der Waals surface area contributed by atoms with E-state index in [2.05, 4.69) is 27.5 Å². The van der Waals surface area contributed by atoms with Gasteiger partial charge in [0.25, 0.3) is 0 Å². The van der Waals surface area contributed by atoms with Crippen molar-refractivity contribution in [3.8, 4) is 0 Å². The number of nitrogens with one attached hydrogen (secondary N) is 2. The minimum absolute atomic E-state index is 0.162. The molecule has 0 amide bonds. The molecule has 0 bridgehead atoms. The second-order valence-electron chi connectivity index (χ2n) is 4.97. The number of aromatic nitrogens is 2. The minimum atomic E-state index is -0.164. The molecule has 1 aliphatic carbocycles. The van der Waals surface area contributed by atoms with Crippen LogP contribution >= 0.6 is 0 Å². The van der Waals surface area contributed by atoms with E-state index in [0.29, 0.717) is 0 Å². The first-order valence-electron chi connectivity index (χ1n) is 6.66. The van der Waals surface area contributed by atoms with Gasteiger partial charge in [0, 0.05) is 19.5 Å². The fourth-order valence-corrected chi connectivity index (χ4v) is 2.22. The quantitative estimate of drug-likeness (QED) is 0.718. The molecule has 0 spiro atoms. The van der Waals surface area contributed by atoms with Crippen molar-refractivity contribution in [3.05, 3.63) is 11.9 Å². The molecule has 1 fully saturated rings. The van der Waals surface area contributed by atoms with Gasteiger partial charge in [-0.1, -0.05) is 6.92 Å². The van der Waals surface area contributed by atoms with Gasteiger partial charge in [-0.25, -0.2) is 9.97 Å². The first-order chi connectivity index (χ1) is 8.71. The zero-order chi connectivity index (χ0) is 13.0. The van der Waals surface area contributed by atoms with Crippen LogP contribution in [0.3, 0.4) is 0 Å². The summed E-state index contributed by atoms with van der Waals surface area (Å²) >= 11 is 0. The first kappa shape index (κ1) is 13.1. The predicted molar refractivity (Wildman–Crippen MR) is 72.9 cm³/mol. The Bertz CT molecular complexity index is 398. The number of aryl methyl sites for hydroxylation is 1. The summed E-state index contributed by atoms with van der Waals surface area (Å²) in [5.41, 5.74) is -0.164. The van der Waals surface area contributed by atoms with Gasteiger partial charge in [0.05, 0.1) is 12.1 Å². The largest absolute Gasteiger partial charge is 0.394 e. The average Bonchev–Trinajstić information content (AvgIpc) is 2.34. The van der Waals surface area contributed by atoms with Crippen molar-refractivity contribution >= 4 is 11.6 Å². The van der Waals surface area contributed by atoms with Gasteiger partial charge in [-0.05, 0) is 25.7 Å². The number of aliphatic hydroxyl groups is 1. The Kier molecular flexibility index (Phi) is 4.01. The van der Waals surface area contributed by atoms with Crippen LogP contribution in [0.4, 0.5) is 11.6 Å². The van der Waals surface area contributed by atoms with E-state index >= 15 is 0 Å². The fraction of sp³-hybridized carbons (Fsp3) is 0.692. The van der Waals surface area contributed by atoms with Crippen LogP contribution < -0.4 is 10.6 Å². The lowest BCUT2D eigenvalue weighted by Gasteiger charge is -2.41. The molecule has 5 nitrogen and oxygen atoms in total. The molecule has 18 heavy (non-hydrogen) atoms. The van der Waals surface area contributed by atoms with E-state index in [1.165, 1.54) is 6.42 Å². The van der Waals surface area contributed by atoms with Crippen molar-refractivity contribution in [3.63, 3.8) is 0 Å². The van der Waals surface area contributed by atoms with Crippen molar-refractivity contribution in [2.24, 2.45) is 0 Å². The fourth-order valence-electron chi connectivity index (χ4n) is 2.22. The summed E-state index contributed by atoms with van der Waals surface area (Å²) in [5.74, 6) is 2.48. The maximum Gasteiger partial charge on any atom is 0.133 e. The Hall–Kier alpha value is -1.36. The molecule has 2 rings (SSSR count). The van der Waals surface area contributed by atoms with Gasteiger partial charge in [-0.3, -0.25) is 0 Å². The minimum Gasteiger partial charge on any atom is -0.394 e. The number of rotatable bonds is 6. The molecule has 3 N–H and O–H groups in total. The van der Waals surface area contributed by atoms with Crippen molar-refractivity contribution in [2.45, 2.75) is 44.6 Å². The highest BCUT2D eigenvalue weighted by atomic mass is 16.3. The average molecular weight is 250 g/mol. The topological polar surface area (TPSA) is 70.1 Å². The van der Waals surface area contributed by atoms with E-state index in [1.807, 2.05) is 13.1 Å². The molecule has 1 saturated carbocycles. The molecule has 0 aromatic carbocycles. The first-order valence-corrected chi connectivity index (χ1v) is 6.66. The van der Waals surface area contributed by atoms with Crippen LogP contribution in [-0.4, -0.2) is 34.3 Å². The summed E-state index contributed by atoms with van der Waals surface area (Å²) in [6.07, 6.45) is 5.07. The van der Waals surface area contributed by atoms with Crippen LogP contribution in [0.15, 0.2) is 6.07 Å². The van der Waals surface area contributed by atoms with Crippen LogP contribution in [0.2, 0.25) is 0 Å². The SMILES string of the molecule is CCCc1nc(NC)cc(NC2(CO)CCC2)n1. The lowest BCUT2D eigenvalue weighted by atomic mass is 9.77. The van der Waals surface area contributed by atoms with Gasteiger partial charge in [0.15, 0.2) is 0 Å². The molecule has 1 aromatic heterocycles. The normalized spacial score (nSPS) is 17.1. The molecule has 1 aliphatic rings. The summed E-state index contributed by atoms with van der Waals surface area (Å²) in [6.45, 7) is 2.28. The third-order valence-electron chi connectivity index (χ3n) is 3.51. The van der Waals surface area contributed by atoms with Crippen molar-refractivity contribution in [2.75, 3.05) is 24.3 Å². The standard InChI is InChI=1S/C13H22N4O/c1-3-5-10-15-11(14-2)8-12(16-10)17-13(9-18)6-4-7-13/h8,18H,3-7,9H2,1-2H3,(H2,14,15,16,17). The van der Waals surface area contributed by atoms with E-state index in [4.69, 9.17) is 0 Å². The maximum absolute atomic E-state index is 9.48. The maximum atomic E-state index is 9.48. The van der Waals surface area contributed by atoms with Gasteiger partial charge in [-0.2, -0.15) is 0 Å². The van der Waals surface area contributed by atoms with Crippen LogP contribution in [0.1, 0.15) is 38.4 Å². The highest BCUT2D eigenvalue weighted by molar-refractivity contribution is 5.49. The second kappa shape index (κ2) is 5.52. The summed E-state index contributed by atoms with van der Waals surface area (Å²) < 4.78 is 0. The van der Waals surface area contributed by atoms with Crippen LogP contribution in [-0.2, 0) is 6.42 Å². The van der Waals surface area contributed by atoms with Crippen molar-refractivity contribution in [1.82, 2.24) is 9.97 Å². The number of hydrogen-bond donors (Lipinski definition) is 3. The third kappa shape index (κ3) is 2.72. The van der Waals surface area contributed by atoms with Crippen LogP contribution in [0.25, 0.3) is 0 Å². The monoisotopic (exact) mass is 250 g/mol. The second-order valence-corrected chi connectivity index (χ2v) is 4.97. The van der Waals surface area contributed by atoms with Crippen molar-refractivity contribution in [1.29, 1.82) is 0 Å². The smallest absolute Gasteiger partial charge is 0.133 e. The number of anilines is 2. The Labute approximate surface area is 108 Å². The highest BCUT2D eigenvalue weighted by Gasteiger charge is 2.36. The van der Waals surface area contributed by atoms with Gasteiger partial charge in [-0.15, -0.1) is 0 Å². The summed E-state index contributed by atoms with van der Waals surface area (Å²) in [6, 6.07) is 1.90. The molecule has 0 atom stereocenters. The summed E-state index contributed by atoms with van der Waals surface area (Å²) in [7, 11) is 1.85. The van der Waals surface area contributed by atoms with E-state index in [0.717, 1.165) is 43.1 Å². The van der Waals surface area contributed by atoms with Gasteiger partial charge >= 0.3 is 0 Å². The third-order valence-corrected chi connectivity index (χ3v) is 3.51. The Balaban J connectivity index is 2.18. The molecule has 0 radical (unpaired) electrons. The van der Waals surface area contributed by atoms with Gasteiger partial charge in [0.2, 0.25) is 0 Å². The number of nitrogens with zero attached hydrogens (tertiary/aromatic N) is 2. The molecular weight excluding hydrogens is 228 g/mol. The molecule has 0 unspecified atom stereocenters. The lowest BCUT2D eigenvalue weighted by molar-refractivity contribution is 0.144. The number of aliphatic hydroxyl groups excluding tert-OH is 1. The molecule has 0 saturated heterocycles. The zero-order valence-corrected chi connectivity index (χ0v) is 11.2. The summed E-state index contributed by atoms with van der Waals surface area (Å²) in [5, 5.41) is 15.9.